The van der Waals surface area contributed by atoms with Gasteiger partial charge in [0.1, 0.15) is 6.61 Å². The Hall–Kier alpha value is -2.19. The molecule has 2 atom stereocenters. The predicted molar refractivity (Wildman–Crippen MR) is 271 cm³/mol. The second kappa shape index (κ2) is 47.3. The summed E-state index contributed by atoms with van der Waals surface area (Å²) in [5.41, 5.74) is 0. The van der Waals surface area contributed by atoms with Crippen LogP contribution in [0.3, 0.4) is 0 Å². The minimum Gasteiger partial charge on any atom is -0.477 e. The second-order valence-corrected chi connectivity index (χ2v) is 19.8. The fraction of sp³-hybridized carbons (Fsp3) is 0.875. The van der Waals surface area contributed by atoms with Gasteiger partial charge in [0, 0.05) is 19.3 Å². The van der Waals surface area contributed by atoms with Crippen LogP contribution in [0, 0.1) is 0 Å². The highest BCUT2D eigenvalue weighted by atomic mass is 16.6. The number of likely N-dealkylation sites (N-methyl/N-ethyl adjacent to an activating group) is 1. The van der Waals surface area contributed by atoms with E-state index in [1.165, 1.54) is 180 Å². The first-order valence-corrected chi connectivity index (χ1v) is 27.4. The first-order valence-electron chi connectivity index (χ1n) is 27.4. The lowest BCUT2D eigenvalue weighted by atomic mass is 10.0. The number of allylic oxidation sites excluding steroid dienone is 4. The van der Waals surface area contributed by atoms with Crippen LogP contribution in [0.5, 0.6) is 0 Å². The first-order chi connectivity index (χ1) is 31.1. The van der Waals surface area contributed by atoms with E-state index in [9.17, 15) is 19.5 Å². The molecule has 0 radical (unpaired) electrons. The predicted octanol–water partition coefficient (Wildman–Crippen LogP) is 16.0. The third-order valence-corrected chi connectivity index (χ3v) is 12.6. The highest BCUT2D eigenvalue weighted by molar-refractivity contribution is 5.72. The molecule has 0 rings (SSSR count). The number of carboxylic acids is 1. The molecular formula is C56H106NO7+. The maximum Gasteiger partial charge on any atom is 0.362 e. The number of hydrogen-bond donors (Lipinski definition) is 1. The van der Waals surface area contributed by atoms with Crippen molar-refractivity contribution in [1.82, 2.24) is 0 Å². The average Bonchev–Trinajstić information content (AvgIpc) is 3.26. The molecule has 1 N–H and O–H groups in total. The van der Waals surface area contributed by atoms with Crippen molar-refractivity contribution in [3.8, 4) is 0 Å². The highest BCUT2D eigenvalue weighted by Gasteiger charge is 2.31. The fourth-order valence-corrected chi connectivity index (χ4v) is 8.36. The van der Waals surface area contributed by atoms with Crippen molar-refractivity contribution < 1.29 is 38.2 Å². The summed E-state index contributed by atoms with van der Waals surface area (Å²) >= 11 is 0. The molecule has 0 heterocycles. The molecule has 0 aromatic heterocycles. The number of aliphatic carboxylic acids is 1. The van der Waals surface area contributed by atoms with Gasteiger partial charge in [0.15, 0.2) is 12.1 Å². The van der Waals surface area contributed by atoms with Crippen molar-refractivity contribution in [3.05, 3.63) is 24.3 Å². The van der Waals surface area contributed by atoms with E-state index in [1.807, 2.05) is 21.1 Å². The Balaban J connectivity index is 4.20. The summed E-state index contributed by atoms with van der Waals surface area (Å²) in [5, 5.41) is 9.66. The SMILES string of the molecule is CCCCCCCCCCC/C=C/C/C=C/CCCCCCCCCC(=O)OC(COCCC(C(=O)O)[N+](C)(C)C)COC(=O)CCCCCCCCCCCCCCCCCCC. The van der Waals surface area contributed by atoms with E-state index < -0.39 is 18.1 Å². The monoisotopic (exact) mass is 905 g/mol. The third-order valence-electron chi connectivity index (χ3n) is 12.6. The van der Waals surface area contributed by atoms with E-state index >= 15 is 0 Å². The average molecular weight is 905 g/mol. The van der Waals surface area contributed by atoms with Crippen LogP contribution in [0.1, 0.15) is 264 Å². The number of carbonyl (C=O) groups is 3. The molecule has 0 aliphatic carbocycles. The summed E-state index contributed by atoms with van der Waals surface area (Å²) in [6.07, 6.45) is 55.2. The summed E-state index contributed by atoms with van der Waals surface area (Å²) in [6, 6.07) is -0.614. The molecule has 0 aliphatic heterocycles. The fourth-order valence-electron chi connectivity index (χ4n) is 8.36. The van der Waals surface area contributed by atoms with Crippen LogP contribution in [0.4, 0.5) is 0 Å². The van der Waals surface area contributed by atoms with Gasteiger partial charge in [-0.25, -0.2) is 4.79 Å². The van der Waals surface area contributed by atoms with E-state index in [0.717, 1.165) is 51.4 Å². The summed E-state index contributed by atoms with van der Waals surface area (Å²) in [6.45, 7) is 4.78. The van der Waals surface area contributed by atoms with Crippen molar-refractivity contribution in [1.29, 1.82) is 0 Å². The van der Waals surface area contributed by atoms with Crippen molar-refractivity contribution >= 4 is 17.9 Å². The smallest absolute Gasteiger partial charge is 0.362 e. The van der Waals surface area contributed by atoms with Crippen LogP contribution in [0.15, 0.2) is 24.3 Å². The maximum absolute atomic E-state index is 12.8. The number of rotatable bonds is 50. The number of hydrogen-bond acceptors (Lipinski definition) is 6. The molecule has 8 heteroatoms. The normalized spacial score (nSPS) is 13.0. The van der Waals surface area contributed by atoms with Gasteiger partial charge in [-0.1, -0.05) is 224 Å². The van der Waals surface area contributed by atoms with Crippen molar-refractivity contribution in [3.63, 3.8) is 0 Å². The number of quaternary nitrogens is 1. The van der Waals surface area contributed by atoms with E-state index in [-0.39, 0.29) is 36.2 Å². The number of nitrogens with zero attached hydrogens (tertiary/aromatic N) is 1. The van der Waals surface area contributed by atoms with Crippen molar-refractivity contribution in [2.75, 3.05) is 41.0 Å². The Bertz CT molecular complexity index is 1100. The van der Waals surface area contributed by atoms with E-state index in [4.69, 9.17) is 14.2 Å². The molecule has 0 spiro atoms. The molecule has 0 aromatic carbocycles. The quantitative estimate of drug-likeness (QED) is 0.0281. The molecule has 0 aliphatic rings. The van der Waals surface area contributed by atoms with Crippen LogP contribution >= 0.6 is 0 Å². The zero-order valence-electron chi connectivity index (χ0n) is 43.0. The summed E-state index contributed by atoms with van der Waals surface area (Å²) in [4.78, 5) is 37.2. The zero-order valence-corrected chi connectivity index (χ0v) is 43.0. The molecule has 0 saturated carbocycles. The Kier molecular flexibility index (Phi) is 45.7. The lowest BCUT2D eigenvalue weighted by molar-refractivity contribution is -0.887. The minimum atomic E-state index is -0.872. The van der Waals surface area contributed by atoms with Crippen LogP contribution in [-0.2, 0) is 28.6 Å². The van der Waals surface area contributed by atoms with Gasteiger partial charge < -0.3 is 23.8 Å². The molecular weight excluding hydrogens is 799 g/mol. The number of esters is 2. The van der Waals surface area contributed by atoms with Crippen LogP contribution in [-0.4, -0.2) is 80.6 Å². The number of carboxylic acid groups (broad SMARTS) is 1. The van der Waals surface area contributed by atoms with E-state index in [2.05, 4.69) is 38.2 Å². The van der Waals surface area contributed by atoms with Gasteiger partial charge in [0.2, 0.25) is 0 Å². The molecule has 376 valence electrons. The van der Waals surface area contributed by atoms with Gasteiger partial charge >= 0.3 is 17.9 Å². The number of ether oxygens (including phenoxy) is 3. The largest absolute Gasteiger partial charge is 0.477 e. The Labute approximate surface area is 396 Å². The number of carbonyl (C=O) groups excluding carboxylic acids is 2. The molecule has 64 heavy (non-hydrogen) atoms. The molecule has 0 bridgehead atoms. The molecule has 2 unspecified atom stereocenters. The van der Waals surface area contributed by atoms with E-state index in [0.29, 0.717) is 19.3 Å². The summed E-state index contributed by atoms with van der Waals surface area (Å²) in [5.74, 6) is -1.46. The standard InChI is InChI=1S/C56H105NO7/c1-6-8-10-12-14-16-18-20-22-24-25-26-27-28-29-31-33-35-37-39-41-43-45-47-55(59)64-52(50-62-49-48-53(56(60)61)57(3,4)5)51-63-54(58)46-44-42-40-38-36-34-32-30-23-21-19-17-15-13-11-9-7-2/h25-26,28-29,52-53H,6-24,27,30-51H2,1-5H3/p+1/b26-25+,29-28+. The third kappa shape index (κ3) is 45.0. The maximum atomic E-state index is 12.8. The summed E-state index contributed by atoms with van der Waals surface area (Å²) < 4.78 is 17.4. The van der Waals surface area contributed by atoms with Gasteiger partial charge in [-0.3, -0.25) is 9.59 Å². The minimum absolute atomic E-state index is 0.0491. The highest BCUT2D eigenvalue weighted by Crippen LogP contribution is 2.16. The Morgan fingerprint density at radius 3 is 1.20 bits per heavy atom. The Morgan fingerprint density at radius 2 is 0.828 bits per heavy atom. The molecule has 0 amide bonds. The molecule has 0 saturated heterocycles. The van der Waals surface area contributed by atoms with Crippen molar-refractivity contribution in [2.45, 2.75) is 276 Å². The molecule has 8 nitrogen and oxygen atoms in total. The number of unbranched alkanes of at least 4 members (excludes halogenated alkanes) is 32. The second-order valence-electron chi connectivity index (χ2n) is 19.8. The topological polar surface area (TPSA) is 99.1 Å². The van der Waals surface area contributed by atoms with Crippen LogP contribution in [0.25, 0.3) is 0 Å². The first kappa shape index (κ1) is 61.8. The van der Waals surface area contributed by atoms with Crippen LogP contribution < -0.4 is 0 Å². The lowest BCUT2D eigenvalue weighted by Crippen LogP contribution is -2.50. The van der Waals surface area contributed by atoms with E-state index in [1.54, 1.807) is 0 Å². The van der Waals surface area contributed by atoms with Gasteiger partial charge in [-0.15, -0.1) is 0 Å². The van der Waals surface area contributed by atoms with Gasteiger partial charge in [-0.05, 0) is 44.9 Å². The van der Waals surface area contributed by atoms with Gasteiger partial charge in [0.25, 0.3) is 0 Å². The van der Waals surface area contributed by atoms with Gasteiger partial charge in [-0.2, -0.15) is 0 Å². The molecule has 0 fully saturated rings. The Morgan fingerprint density at radius 1 is 0.469 bits per heavy atom. The zero-order chi connectivity index (χ0) is 47.0. The van der Waals surface area contributed by atoms with Crippen LogP contribution in [0.2, 0.25) is 0 Å². The lowest BCUT2D eigenvalue weighted by Gasteiger charge is -2.31. The van der Waals surface area contributed by atoms with Crippen molar-refractivity contribution in [2.24, 2.45) is 0 Å². The molecule has 0 aromatic rings. The van der Waals surface area contributed by atoms with Gasteiger partial charge in [0.05, 0.1) is 34.4 Å². The summed E-state index contributed by atoms with van der Waals surface area (Å²) in [7, 11) is 5.54.